The van der Waals surface area contributed by atoms with Crippen LogP contribution in [0.5, 0.6) is 0 Å². The number of nitrogens with one attached hydrogen (secondary N) is 2. The third kappa shape index (κ3) is 3.52. The number of aryl methyl sites for hydroxylation is 1. The SMILES string of the molecule is Cc1cc(Nc2n[nH]c(-c3cc(F)cc(F)c3)n2)cc(N2CCC23CCOCC3)c1. The number of benzene rings is 2. The minimum Gasteiger partial charge on any atom is -0.381 e. The van der Waals surface area contributed by atoms with E-state index >= 15 is 0 Å². The van der Waals surface area contributed by atoms with Crippen LogP contribution >= 0.6 is 0 Å². The van der Waals surface area contributed by atoms with Crippen LogP contribution in [0.15, 0.2) is 36.4 Å². The van der Waals surface area contributed by atoms with Crippen LogP contribution in [0.3, 0.4) is 0 Å². The highest BCUT2D eigenvalue weighted by atomic mass is 19.1. The lowest BCUT2D eigenvalue weighted by Crippen LogP contribution is -2.62. The highest BCUT2D eigenvalue weighted by Crippen LogP contribution is 2.43. The normalized spacial score (nSPS) is 17.8. The molecule has 2 fully saturated rings. The van der Waals surface area contributed by atoms with E-state index in [1.165, 1.54) is 24.2 Å². The predicted molar refractivity (Wildman–Crippen MR) is 111 cm³/mol. The number of aromatic amines is 1. The fourth-order valence-corrected chi connectivity index (χ4v) is 4.47. The van der Waals surface area contributed by atoms with Gasteiger partial charge in [-0.05, 0) is 62.1 Å². The molecular formula is C22H23F2N5O. The average Bonchev–Trinajstić information content (AvgIpc) is 3.15. The summed E-state index contributed by atoms with van der Waals surface area (Å²) >= 11 is 0. The molecule has 2 aromatic carbocycles. The summed E-state index contributed by atoms with van der Waals surface area (Å²) < 4.78 is 32.5. The first-order chi connectivity index (χ1) is 14.5. The second-order valence-corrected chi connectivity index (χ2v) is 8.09. The van der Waals surface area contributed by atoms with E-state index in [0.29, 0.717) is 17.3 Å². The molecule has 0 bridgehead atoms. The molecule has 1 spiro atoms. The molecule has 0 atom stereocenters. The monoisotopic (exact) mass is 411 g/mol. The summed E-state index contributed by atoms with van der Waals surface area (Å²) in [6.07, 6.45) is 3.30. The Morgan fingerprint density at radius 1 is 1.03 bits per heavy atom. The number of hydrogen-bond acceptors (Lipinski definition) is 5. The summed E-state index contributed by atoms with van der Waals surface area (Å²) in [5, 5.41) is 10.1. The number of rotatable bonds is 4. The van der Waals surface area contributed by atoms with Gasteiger partial charge in [0, 0.05) is 48.3 Å². The molecule has 6 nitrogen and oxygen atoms in total. The first kappa shape index (κ1) is 19.0. The van der Waals surface area contributed by atoms with Crippen molar-refractivity contribution < 1.29 is 13.5 Å². The first-order valence-electron chi connectivity index (χ1n) is 10.1. The molecule has 0 unspecified atom stereocenters. The van der Waals surface area contributed by atoms with Crippen LogP contribution < -0.4 is 10.2 Å². The number of anilines is 3. The maximum Gasteiger partial charge on any atom is 0.246 e. The van der Waals surface area contributed by atoms with E-state index in [1.807, 2.05) is 6.07 Å². The summed E-state index contributed by atoms with van der Waals surface area (Å²) in [4.78, 5) is 6.82. The molecule has 0 saturated carbocycles. The van der Waals surface area contributed by atoms with Crippen LogP contribution in [0.1, 0.15) is 24.8 Å². The van der Waals surface area contributed by atoms with Gasteiger partial charge in [-0.2, -0.15) is 4.98 Å². The Morgan fingerprint density at radius 2 is 1.80 bits per heavy atom. The smallest absolute Gasteiger partial charge is 0.246 e. The highest BCUT2D eigenvalue weighted by molar-refractivity contribution is 5.67. The van der Waals surface area contributed by atoms with Gasteiger partial charge in [0.05, 0.1) is 0 Å². The minimum absolute atomic E-state index is 0.211. The van der Waals surface area contributed by atoms with Crippen molar-refractivity contribution >= 4 is 17.3 Å². The highest BCUT2D eigenvalue weighted by Gasteiger charge is 2.45. The van der Waals surface area contributed by atoms with E-state index in [2.05, 4.69) is 44.5 Å². The van der Waals surface area contributed by atoms with Crippen LogP contribution in [0.4, 0.5) is 26.1 Å². The molecule has 3 aromatic rings. The van der Waals surface area contributed by atoms with Gasteiger partial charge in [-0.25, -0.2) is 8.78 Å². The van der Waals surface area contributed by atoms with E-state index in [0.717, 1.165) is 49.9 Å². The summed E-state index contributed by atoms with van der Waals surface area (Å²) in [5.74, 6) is -0.671. The number of H-pyrrole nitrogens is 1. The Balaban J connectivity index is 1.38. The van der Waals surface area contributed by atoms with Gasteiger partial charge in [-0.3, -0.25) is 5.10 Å². The molecule has 1 aromatic heterocycles. The topological polar surface area (TPSA) is 66.1 Å². The Bertz CT molecular complexity index is 1060. The van der Waals surface area contributed by atoms with Crippen LogP contribution in [-0.2, 0) is 4.74 Å². The molecule has 2 N–H and O–H groups in total. The van der Waals surface area contributed by atoms with Crippen LogP contribution in [-0.4, -0.2) is 40.5 Å². The number of hydrogen-bond donors (Lipinski definition) is 2. The zero-order valence-electron chi connectivity index (χ0n) is 16.7. The molecule has 5 rings (SSSR count). The largest absolute Gasteiger partial charge is 0.381 e. The zero-order chi connectivity index (χ0) is 20.7. The van der Waals surface area contributed by atoms with Gasteiger partial charge in [0.2, 0.25) is 5.95 Å². The van der Waals surface area contributed by atoms with E-state index in [4.69, 9.17) is 4.74 Å². The van der Waals surface area contributed by atoms with Gasteiger partial charge in [-0.15, -0.1) is 5.10 Å². The summed E-state index contributed by atoms with van der Waals surface area (Å²) in [6.45, 7) is 4.73. The van der Waals surface area contributed by atoms with E-state index in [1.54, 1.807) is 0 Å². The van der Waals surface area contributed by atoms with Crippen molar-refractivity contribution in [2.24, 2.45) is 0 Å². The number of nitrogens with zero attached hydrogens (tertiary/aromatic N) is 3. The molecular weight excluding hydrogens is 388 g/mol. The lowest BCUT2D eigenvalue weighted by atomic mass is 9.77. The second-order valence-electron chi connectivity index (χ2n) is 8.09. The van der Waals surface area contributed by atoms with Gasteiger partial charge >= 0.3 is 0 Å². The second kappa shape index (κ2) is 7.36. The van der Waals surface area contributed by atoms with Crippen molar-refractivity contribution in [3.05, 3.63) is 53.6 Å². The van der Waals surface area contributed by atoms with Crippen LogP contribution in [0, 0.1) is 18.6 Å². The maximum absolute atomic E-state index is 13.5. The maximum atomic E-state index is 13.5. The molecule has 30 heavy (non-hydrogen) atoms. The van der Waals surface area contributed by atoms with Crippen molar-refractivity contribution in [2.75, 3.05) is 30.0 Å². The Kier molecular flexibility index (Phi) is 4.66. The van der Waals surface area contributed by atoms with Crippen molar-refractivity contribution in [1.82, 2.24) is 15.2 Å². The van der Waals surface area contributed by atoms with Gasteiger partial charge in [-0.1, -0.05) is 0 Å². The minimum atomic E-state index is -0.657. The standard InChI is InChI=1S/C22H23F2N5O/c1-14-8-18(13-19(9-14)29-5-2-22(29)3-6-30-7-4-22)25-21-26-20(27-28-21)15-10-16(23)12-17(24)11-15/h8-13H,2-7H2,1H3,(H2,25,26,27,28). The lowest BCUT2D eigenvalue weighted by Gasteiger charge is -2.56. The third-order valence-corrected chi connectivity index (χ3v) is 6.05. The van der Waals surface area contributed by atoms with E-state index in [9.17, 15) is 8.78 Å². The molecule has 2 aliphatic rings. The molecule has 0 aliphatic carbocycles. The van der Waals surface area contributed by atoms with Gasteiger partial charge in [0.15, 0.2) is 5.82 Å². The summed E-state index contributed by atoms with van der Waals surface area (Å²) in [6, 6.07) is 9.58. The number of ether oxygens (including phenoxy) is 1. The fraction of sp³-hybridized carbons (Fsp3) is 0.364. The van der Waals surface area contributed by atoms with Crippen LogP contribution in [0.25, 0.3) is 11.4 Å². The number of aromatic nitrogens is 3. The molecule has 2 aliphatic heterocycles. The Labute approximate surface area is 173 Å². The average molecular weight is 411 g/mol. The van der Waals surface area contributed by atoms with Gasteiger partial charge in [0.25, 0.3) is 0 Å². The third-order valence-electron chi connectivity index (χ3n) is 6.05. The predicted octanol–water partition coefficient (Wildman–Crippen LogP) is 4.56. The molecule has 3 heterocycles. The quantitative estimate of drug-likeness (QED) is 0.659. The molecule has 2 saturated heterocycles. The Hall–Kier alpha value is -3.00. The van der Waals surface area contributed by atoms with Crippen molar-refractivity contribution in [2.45, 2.75) is 31.7 Å². The number of halogens is 2. The molecule has 0 radical (unpaired) electrons. The molecule has 0 amide bonds. The zero-order valence-corrected chi connectivity index (χ0v) is 16.7. The van der Waals surface area contributed by atoms with Gasteiger partial charge in [0.1, 0.15) is 11.6 Å². The van der Waals surface area contributed by atoms with E-state index < -0.39 is 11.6 Å². The van der Waals surface area contributed by atoms with Crippen molar-refractivity contribution in [3.63, 3.8) is 0 Å². The summed E-state index contributed by atoms with van der Waals surface area (Å²) in [5.41, 5.74) is 3.69. The van der Waals surface area contributed by atoms with Crippen LogP contribution in [0.2, 0.25) is 0 Å². The first-order valence-corrected chi connectivity index (χ1v) is 10.1. The Morgan fingerprint density at radius 3 is 2.50 bits per heavy atom. The molecule has 156 valence electrons. The summed E-state index contributed by atoms with van der Waals surface area (Å²) in [7, 11) is 0. The van der Waals surface area contributed by atoms with Crippen molar-refractivity contribution in [3.8, 4) is 11.4 Å². The lowest BCUT2D eigenvalue weighted by molar-refractivity contribution is 0.0288. The van der Waals surface area contributed by atoms with Gasteiger partial charge < -0.3 is 15.0 Å². The fourth-order valence-electron chi connectivity index (χ4n) is 4.47. The van der Waals surface area contributed by atoms with Crippen molar-refractivity contribution in [1.29, 1.82) is 0 Å². The van der Waals surface area contributed by atoms with E-state index in [-0.39, 0.29) is 5.54 Å². The molecule has 8 heteroatoms.